The summed E-state index contributed by atoms with van der Waals surface area (Å²) in [5, 5.41) is 5.62. The molecule has 2 aromatic carbocycles. The topological polar surface area (TPSA) is 111 Å². The standard InChI is InChI=1S/C30H31FN6O4/c1-38-14-11-36-10-2-3-23(36)18-40-25-15-21(31)16-26(17-25)41-24-6-4-20(5-7-24)28-27-29(32)33-19-34-30(27)37(35-28)22-8-12-39-13-9-22/h2-7,10,15-17,19,22H,8-9,11-14,18H2,1H3,(H2,32,33,34). The number of nitrogens with two attached hydrogens (primary N) is 1. The largest absolute Gasteiger partial charge is 0.487 e. The fraction of sp³-hybridized carbons (Fsp3) is 0.300. The van der Waals surface area contributed by atoms with E-state index in [0.717, 1.165) is 24.1 Å². The van der Waals surface area contributed by atoms with E-state index in [1.807, 2.05) is 51.8 Å². The molecule has 0 atom stereocenters. The number of hydrogen-bond donors (Lipinski definition) is 1. The molecule has 0 spiro atoms. The average Bonchev–Trinajstić information content (AvgIpc) is 3.61. The minimum atomic E-state index is -0.454. The Balaban J connectivity index is 1.20. The van der Waals surface area contributed by atoms with Crippen LogP contribution >= 0.6 is 0 Å². The molecule has 10 nitrogen and oxygen atoms in total. The molecule has 11 heteroatoms. The van der Waals surface area contributed by atoms with Gasteiger partial charge in [-0.2, -0.15) is 5.10 Å². The van der Waals surface area contributed by atoms with E-state index in [4.69, 9.17) is 29.8 Å². The molecular weight excluding hydrogens is 527 g/mol. The fourth-order valence-electron chi connectivity index (χ4n) is 5.02. The molecule has 0 amide bonds. The molecule has 1 aliphatic heterocycles. The van der Waals surface area contributed by atoms with Crippen LogP contribution in [-0.2, 0) is 22.6 Å². The number of hydrogen-bond acceptors (Lipinski definition) is 8. The molecule has 0 saturated carbocycles. The molecule has 1 fully saturated rings. The number of nitrogen functional groups attached to an aromatic ring is 1. The summed E-state index contributed by atoms with van der Waals surface area (Å²) in [7, 11) is 1.66. The Kier molecular flexibility index (Phi) is 7.79. The van der Waals surface area contributed by atoms with Crippen molar-refractivity contribution in [3.63, 3.8) is 0 Å². The Morgan fingerprint density at radius 1 is 1.02 bits per heavy atom. The molecule has 41 heavy (non-hydrogen) atoms. The Bertz CT molecular complexity index is 1630. The Hall–Kier alpha value is -4.48. The minimum Gasteiger partial charge on any atom is -0.487 e. The number of anilines is 1. The van der Waals surface area contributed by atoms with Gasteiger partial charge < -0.3 is 29.2 Å². The van der Waals surface area contributed by atoms with Gasteiger partial charge in [-0.1, -0.05) is 0 Å². The highest BCUT2D eigenvalue weighted by molar-refractivity contribution is 5.98. The molecule has 5 aromatic rings. The Morgan fingerprint density at radius 2 is 1.83 bits per heavy atom. The first-order valence-electron chi connectivity index (χ1n) is 13.5. The van der Waals surface area contributed by atoms with E-state index >= 15 is 0 Å². The summed E-state index contributed by atoms with van der Waals surface area (Å²) < 4.78 is 41.0. The van der Waals surface area contributed by atoms with Crippen molar-refractivity contribution in [3.8, 4) is 28.5 Å². The van der Waals surface area contributed by atoms with Gasteiger partial charge in [0.25, 0.3) is 0 Å². The number of methoxy groups -OCH3 is 1. The maximum absolute atomic E-state index is 14.4. The molecule has 2 N–H and O–H groups in total. The zero-order valence-electron chi connectivity index (χ0n) is 22.7. The number of halogens is 1. The van der Waals surface area contributed by atoms with E-state index in [9.17, 15) is 4.39 Å². The molecule has 0 bridgehead atoms. The SMILES string of the molecule is COCCn1cccc1COc1cc(F)cc(Oc2ccc(-c3nn(C4CCOCC4)c4ncnc(N)c34)cc2)c1. The number of rotatable bonds is 10. The lowest BCUT2D eigenvalue weighted by atomic mass is 10.1. The molecule has 1 aliphatic rings. The van der Waals surface area contributed by atoms with Crippen LogP contribution in [0.25, 0.3) is 22.3 Å². The summed E-state index contributed by atoms with van der Waals surface area (Å²) in [6.07, 6.45) is 5.13. The number of ether oxygens (including phenoxy) is 4. The first-order valence-corrected chi connectivity index (χ1v) is 13.5. The Labute approximate surface area is 236 Å². The Morgan fingerprint density at radius 3 is 2.63 bits per heavy atom. The van der Waals surface area contributed by atoms with Crippen LogP contribution in [0.4, 0.5) is 10.2 Å². The van der Waals surface area contributed by atoms with Crippen molar-refractivity contribution in [2.75, 3.05) is 32.7 Å². The molecule has 6 rings (SSSR count). The normalized spacial score (nSPS) is 14.0. The van der Waals surface area contributed by atoms with Crippen molar-refractivity contribution in [1.82, 2.24) is 24.3 Å². The van der Waals surface area contributed by atoms with Crippen LogP contribution in [0.5, 0.6) is 17.2 Å². The first-order chi connectivity index (χ1) is 20.1. The van der Waals surface area contributed by atoms with Gasteiger partial charge in [-0.15, -0.1) is 0 Å². The van der Waals surface area contributed by atoms with E-state index in [2.05, 4.69) is 9.97 Å². The van der Waals surface area contributed by atoms with Crippen molar-refractivity contribution < 1.29 is 23.3 Å². The molecule has 1 saturated heterocycles. The highest BCUT2D eigenvalue weighted by Gasteiger charge is 2.24. The third-order valence-corrected chi connectivity index (χ3v) is 7.11. The summed E-state index contributed by atoms with van der Waals surface area (Å²) in [5.41, 5.74) is 9.49. The molecule has 212 valence electrons. The zero-order valence-corrected chi connectivity index (χ0v) is 22.7. The lowest BCUT2D eigenvalue weighted by molar-refractivity contribution is 0.0674. The minimum absolute atomic E-state index is 0.177. The first kappa shape index (κ1) is 26.7. The van der Waals surface area contributed by atoms with Crippen LogP contribution in [0.1, 0.15) is 24.6 Å². The maximum atomic E-state index is 14.4. The van der Waals surface area contributed by atoms with Gasteiger partial charge in [0.05, 0.1) is 23.7 Å². The maximum Gasteiger partial charge on any atom is 0.164 e. The van der Waals surface area contributed by atoms with E-state index in [1.165, 1.54) is 18.5 Å². The highest BCUT2D eigenvalue weighted by Crippen LogP contribution is 2.35. The fourth-order valence-corrected chi connectivity index (χ4v) is 5.02. The summed E-state index contributed by atoms with van der Waals surface area (Å²) >= 11 is 0. The van der Waals surface area contributed by atoms with Crippen LogP contribution in [0.3, 0.4) is 0 Å². The van der Waals surface area contributed by atoms with Crippen molar-refractivity contribution in [2.24, 2.45) is 0 Å². The molecule has 0 radical (unpaired) electrons. The third-order valence-electron chi connectivity index (χ3n) is 7.11. The highest BCUT2D eigenvalue weighted by atomic mass is 19.1. The third kappa shape index (κ3) is 5.86. The predicted octanol–water partition coefficient (Wildman–Crippen LogP) is 5.39. The smallest absolute Gasteiger partial charge is 0.164 e. The molecule has 0 aliphatic carbocycles. The molecule has 0 unspecified atom stereocenters. The van der Waals surface area contributed by atoms with Crippen LogP contribution in [0.2, 0.25) is 0 Å². The quantitative estimate of drug-likeness (QED) is 0.243. The summed E-state index contributed by atoms with van der Waals surface area (Å²) in [4.78, 5) is 8.69. The monoisotopic (exact) mass is 558 g/mol. The van der Waals surface area contributed by atoms with Crippen LogP contribution < -0.4 is 15.2 Å². The van der Waals surface area contributed by atoms with Crippen molar-refractivity contribution in [3.05, 3.63) is 78.6 Å². The van der Waals surface area contributed by atoms with Gasteiger partial charge in [0, 0.05) is 56.8 Å². The second-order valence-electron chi connectivity index (χ2n) is 9.82. The van der Waals surface area contributed by atoms with Crippen molar-refractivity contribution in [1.29, 1.82) is 0 Å². The number of benzene rings is 2. The van der Waals surface area contributed by atoms with Gasteiger partial charge in [-0.3, -0.25) is 0 Å². The van der Waals surface area contributed by atoms with E-state index in [1.54, 1.807) is 13.2 Å². The van der Waals surface area contributed by atoms with Gasteiger partial charge in [-0.25, -0.2) is 19.0 Å². The number of nitrogens with zero attached hydrogens (tertiary/aromatic N) is 5. The van der Waals surface area contributed by atoms with Crippen molar-refractivity contribution in [2.45, 2.75) is 32.0 Å². The second-order valence-corrected chi connectivity index (χ2v) is 9.82. The average molecular weight is 559 g/mol. The van der Waals surface area contributed by atoms with Crippen LogP contribution in [-0.4, -0.2) is 51.2 Å². The van der Waals surface area contributed by atoms with E-state index < -0.39 is 5.82 Å². The lowest BCUT2D eigenvalue weighted by Gasteiger charge is -2.22. The van der Waals surface area contributed by atoms with E-state index in [0.29, 0.717) is 66.2 Å². The van der Waals surface area contributed by atoms with Gasteiger partial charge in [-0.05, 0) is 49.2 Å². The second kappa shape index (κ2) is 11.9. The summed E-state index contributed by atoms with van der Waals surface area (Å²) in [6, 6.07) is 15.8. The van der Waals surface area contributed by atoms with Gasteiger partial charge in [0.1, 0.15) is 47.5 Å². The predicted molar refractivity (Wildman–Crippen MR) is 151 cm³/mol. The van der Waals surface area contributed by atoms with Crippen molar-refractivity contribution >= 4 is 16.9 Å². The van der Waals surface area contributed by atoms with Crippen LogP contribution in [0, 0.1) is 5.82 Å². The molecular formula is C30H31FN6O4. The molecule has 3 aromatic heterocycles. The van der Waals surface area contributed by atoms with Gasteiger partial charge >= 0.3 is 0 Å². The van der Waals surface area contributed by atoms with Gasteiger partial charge in [0.15, 0.2) is 5.65 Å². The van der Waals surface area contributed by atoms with Gasteiger partial charge in [0.2, 0.25) is 0 Å². The lowest BCUT2D eigenvalue weighted by Crippen LogP contribution is -2.20. The summed E-state index contributed by atoms with van der Waals surface area (Å²) in [5.74, 6) is 1.16. The zero-order chi connectivity index (χ0) is 28.2. The number of fused-ring (bicyclic) bond motifs is 1. The van der Waals surface area contributed by atoms with E-state index in [-0.39, 0.29) is 12.6 Å². The van der Waals surface area contributed by atoms with Crippen LogP contribution in [0.15, 0.2) is 67.1 Å². The number of aromatic nitrogens is 5. The summed E-state index contributed by atoms with van der Waals surface area (Å²) in [6.45, 7) is 2.95. The molecule has 4 heterocycles.